The molecule has 0 radical (unpaired) electrons. The Morgan fingerprint density at radius 2 is 1.93 bits per heavy atom. The number of aryl methyl sites for hydroxylation is 2. The molecule has 138 valence electrons. The fraction of sp³-hybridized carbons (Fsp3) is 0.238. The van der Waals surface area contributed by atoms with Gasteiger partial charge in [0, 0.05) is 16.0 Å². The summed E-state index contributed by atoms with van der Waals surface area (Å²) >= 11 is 3.23. The van der Waals surface area contributed by atoms with Crippen LogP contribution in [0.3, 0.4) is 0 Å². The summed E-state index contributed by atoms with van der Waals surface area (Å²) in [7, 11) is 0. The first-order chi connectivity index (χ1) is 13.1. The van der Waals surface area contributed by atoms with Crippen molar-refractivity contribution >= 4 is 44.1 Å². The maximum Gasteiger partial charge on any atom is 0.128 e. The molecule has 2 aromatic carbocycles. The Hall–Kier alpha value is -2.15. The van der Waals surface area contributed by atoms with Gasteiger partial charge >= 0.3 is 0 Å². The van der Waals surface area contributed by atoms with E-state index in [1.807, 2.05) is 30.3 Å². The molecule has 0 spiro atoms. The molecule has 0 aliphatic heterocycles. The second kappa shape index (κ2) is 7.84. The first kappa shape index (κ1) is 18.2. The lowest BCUT2D eigenvalue weighted by Gasteiger charge is -2.13. The maximum atomic E-state index is 10.3. The van der Waals surface area contributed by atoms with Crippen molar-refractivity contribution in [2.24, 2.45) is 0 Å². The summed E-state index contributed by atoms with van der Waals surface area (Å²) in [4.78, 5) is 11.0. The van der Waals surface area contributed by atoms with Gasteiger partial charge in [0.15, 0.2) is 0 Å². The van der Waals surface area contributed by atoms with Crippen LogP contribution in [0, 0.1) is 13.8 Å². The molecular weight excluding hydrogens is 376 g/mol. The predicted molar refractivity (Wildman–Crippen MR) is 113 cm³/mol. The van der Waals surface area contributed by atoms with Gasteiger partial charge in [0.05, 0.1) is 6.10 Å². The molecule has 0 amide bonds. The van der Waals surface area contributed by atoms with Crippen molar-refractivity contribution in [2.45, 2.75) is 25.0 Å². The molecule has 1 unspecified atom stereocenters. The van der Waals surface area contributed by atoms with Gasteiger partial charge in [-0.25, -0.2) is 9.97 Å². The second-order valence-electron chi connectivity index (χ2n) is 6.43. The number of rotatable bonds is 6. The van der Waals surface area contributed by atoms with Gasteiger partial charge in [0.2, 0.25) is 0 Å². The largest absolute Gasteiger partial charge is 0.491 e. The summed E-state index contributed by atoms with van der Waals surface area (Å²) in [6, 6.07) is 14.1. The number of fused-ring (bicyclic) bond motifs is 2. The topological polar surface area (TPSA) is 55.2 Å². The van der Waals surface area contributed by atoms with Crippen molar-refractivity contribution in [3.63, 3.8) is 0 Å². The van der Waals surface area contributed by atoms with Crippen molar-refractivity contribution in [1.82, 2.24) is 9.97 Å². The zero-order chi connectivity index (χ0) is 18.8. The molecule has 4 nitrogen and oxygen atoms in total. The Balaban J connectivity index is 1.39. The molecule has 4 aromatic rings. The Morgan fingerprint density at radius 1 is 1.11 bits per heavy atom. The zero-order valence-corrected chi connectivity index (χ0v) is 16.8. The molecule has 2 heterocycles. The molecule has 0 bridgehead atoms. The molecule has 4 rings (SSSR count). The van der Waals surface area contributed by atoms with Gasteiger partial charge in [-0.1, -0.05) is 30.3 Å². The van der Waals surface area contributed by atoms with E-state index in [1.54, 1.807) is 29.4 Å². The van der Waals surface area contributed by atoms with E-state index in [0.717, 1.165) is 26.4 Å². The third kappa shape index (κ3) is 3.93. The number of aromatic nitrogens is 2. The van der Waals surface area contributed by atoms with Crippen LogP contribution < -0.4 is 4.74 Å². The Labute approximate surface area is 166 Å². The maximum absolute atomic E-state index is 10.3. The zero-order valence-electron chi connectivity index (χ0n) is 15.2. The second-order valence-corrected chi connectivity index (χ2v) is 8.64. The van der Waals surface area contributed by atoms with Gasteiger partial charge in [-0.3, -0.25) is 0 Å². The summed E-state index contributed by atoms with van der Waals surface area (Å²) in [6.07, 6.45) is 1.02. The minimum Gasteiger partial charge on any atom is -0.491 e. The molecule has 2 aromatic heterocycles. The van der Waals surface area contributed by atoms with Crippen LogP contribution in [0.2, 0.25) is 0 Å². The molecule has 0 fully saturated rings. The molecule has 1 atom stereocenters. The van der Waals surface area contributed by atoms with Crippen LogP contribution in [0.1, 0.15) is 10.4 Å². The number of hydrogen-bond donors (Lipinski definition) is 1. The minimum atomic E-state index is -0.577. The van der Waals surface area contributed by atoms with E-state index in [0.29, 0.717) is 5.75 Å². The van der Waals surface area contributed by atoms with Crippen LogP contribution in [0.5, 0.6) is 5.75 Å². The number of aliphatic hydroxyl groups is 1. The Bertz CT molecular complexity index is 1090. The van der Waals surface area contributed by atoms with Crippen molar-refractivity contribution < 1.29 is 9.84 Å². The number of thioether (sulfide) groups is 1. The third-order valence-electron chi connectivity index (χ3n) is 4.51. The Kier molecular flexibility index (Phi) is 5.29. The fourth-order valence-corrected chi connectivity index (χ4v) is 4.96. The normalized spacial score (nSPS) is 12.6. The number of nitrogens with zero attached hydrogens (tertiary/aromatic N) is 2. The summed E-state index contributed by atoms with van der Waals surface area (Å²) in [5.74, 6) is 1.29. The summed E-state index contributed by atoms with van der Waals surface area (Å²) in [6.45, 7) is 4.45. The van der Waals surface area contributed by atoms with Crippen LogP contribution in [0.4, 0.5) is 0 Å². The lowest BCUT2D eigenvalue weighted by molar-refractivity contribution is 0.126. The molecular formula is C21H20N2O2S2. The van der Waals surface area contributed by atoms with E-state index in [9.17, 15) is 5.11 Å². The summed E-state index contributed by atoms with van der Waals surface area (Å²) in [5, 5.41) is 14.7. The van der Waals surface area contributed by atoms with Gasteiger partial charge in [0.1, 0.15) is 28.5 Å². The van der Waals surface area contributed by atoms with E-state index in [-0.39, 0.29) is 6.61 Å². The quantitative estimate of drug-likeness (QED) is 0.367. The van der Waals surface area contributed by atoms with E-state index in [4.69, 9.17) is 4.74 Å². The van der Waals surface area contributed by atoms with Crippen LogP contribution in [0.15, 0.2) is 53.8 Å². The Morgan fingerprint density at radius 3 is 2.78 bits per heavy atom. The van der Waals surface area contributed by atoms with Gasteiger partial charge in [-0.15, -0.1) is 23.1 Å². The average molecular weight is 397 g/mol. The molecule has 1 N–H and O–H groups in total. The molecule has 0 saturated heterocycles. The highest BCUT2D eigenvalue weighted by atomic mass is 32.2. The van der Waals surface area contributed by atoms with Crippen molar-refractivity contribution in [2.75, 3.05) is 12.4 Å². The van der Waals surface area contributed by atoms with E-state index < -0.39 is 6.10 Å². The minimum absolute atomic E-state index is 0.251. The van der Waals surface area contributed by atoms with Crippen LogP contribution in [-0.4, -0.2) is 33.5 Å². The first-order valence-electron chi connectivity index (χ1n) is 8.75. The molecule has 27 heavy (non-hydrogen) atoms. The third-order valence-corrected chi connectivity index (χ3v) is 6.76. The lowest BCUT2D eigenvalue weighted by Crippen LogP contribution is -2.20. The van der Waals surface area contributed by atoms with E-state index in [1.165, 1.54) is 15.8 Å². The average Bonchev–Trinajstić information content (AvgIpc) is 2.99. The first-order valence-corrected chi connectivity index (χ1v) is 10.5. The van der Waals surface area contributed by atoms with Gasteiger partial charge in [0.25, 0.3) is 0 Å². The molecule has 6 heteroatoms. The molecule has 0 aliphatic rings. The highest BCUT2D eigenvalue weighted by molar-refractivity contribution is 7.99. The van der Waals surface area contributed by atoms with Gasteiger partial charge in [-0.2, -0.15) is 0 Å². The van der Waals surface area contributed by atoms with Crippen molar-refractivity contribution in [3.8, 4) is 5.75 Å². The lowest BCUT2D eigenvalue weighted by atomic mass is 10.1. The molecule has 0 saturated carbocycles. The van der Waals surface area contributed by atoms with Gasteiger partial charge < -0.3 is 9.84 Å². The highest BCUT2D eigenvalue weighted by Gasteiger charge is 2.14. The highest BCUT2D eigenvalue weighted by Crippen LogP contribution is 2.34. The number of benzene rings is 2. The predicted octanol–water partition coefficient (Wildman–Crippen LogP) is 4.99. The SMILES string of the molecule is Cc1sc2ncnc(SCC(O)COc3ccc4ccccc4c3)c2c1C. The van der Waals surface area contributed by atoms with Crippen LogP contribution >= 0.6 is 23.1 Å². The number of aliphatic hydroxyl groups excluding tert-OH is 1. The van der Waals surface area contributed by atoms with E-state index in [2.05, 4.69) is 35.9 Å². The number of thiophene rings is 1. The van der Waals surface area contributed by atoms with Crippen LogP contribution in [0.25, 0.3) is 21.0 Å². The fourth-order valence-electron chi connectivity index (χ4n) is 2.93. The van der Waals surface area contributed by atoms with Crippen LogP contribution in [-0.2, 0) is 0 Å². The molecule has 0 aliphatic carbocycles. The monoisotopic (exact) mass is 396 g/mol. The summed E-state index contributed by atoms with van der Waals surface area (Å²) < 4.78 is 5.79. The summed E-state index contributed by atoms with van der Waals surface area (Å²) in [5.41, 5.74) is 1.22. The van der Waals surface area contributed by atoms with Crippen molar-refractivity contribution in [1.29, 1.82) is 0 Å². The number of ether oxygens (including phenoxy) is 1. The van der Waals surface area contributed by atoms with Crippen molar-refractivity contribution in [3.05, 3.63) is 59.2 Å². The number of hydrogen-bond acceptors (Lipinski definition) is 6. The standard InChI is InChI=1S/C21H20N2O2S2/c1-13-14(2)27-21-19(13)20(22-12-23-21)26-11-17(24)10-25-18-8-7-15-5-3-4-6-16(15)9-18/h3-9,12,17,24H,10-11H2,1-2H3. The van der Waals surface area contributed by atoms with E-state index >= 15 is 0 Å². The van der Waals surface area contributed by atoms with Gasteiger partial charge in [-0.05, 0) is 42.3 Å². The smallest absolute Gasteiger partial charge is 0.128 e.